The number of nitrogens with zero attached hydrogens (tertiary/aromatic N) is 2. The summed E-state index contributed by atoms with van der Waals surface area (Å²) in [6.45, 7) is 3.31. The van der Waals surface area contributed by atoms with Crippen molar-refractivity contribution in [1.29, 1.82) is 0 Å². The van der Waals surface area contributed by atoms with Crippen LogP contribution in [-0.2, 0) is 6.54 Å². The van der Waals surface area contributed by atoms with E-state index in [9.17, 15) is 0 Å². The van der Waals surface area contributed by atoms with E-state index in [1.54, 1.807) is 0 Å². The number of anilines is 1. The largest absolute Gasteiger partial charge is 0.399 e. The van der Waals surface area contributed by atoms with Gasteiger partial charge in [-0.05, 0) is 30.7 Å². The smallest absolute Gasteiger partial charge is 0.139 e. The van der Waals surface area contributed by atoms with Crippen molar-refractivity contribution in [3.63, 3.8) is 0 Å². The molecule has 0 saturated carbocycles. The highest BCUT2D eigenvalue weighted by molar-refractivity contribution is 5.59. The SMILES string of the molecule is CCCCCCCCCn1ccnc1-c1ccc(N)cc1. The highest BCUT2D eigenvalue weighted by Crippen LogP contribution is 2.19. The average molecular weight is 285 g/mol. The van der Waals surface area contributed by atoms with Crippen molar-refractivity contribution >= 4 is 5.69 Å². The van der Waals surface area contributed by atoms with E-state index < -0.39 is 0 Å². The Morgan fingerprint density at radius 1 is 0.952 bits per heavy atom. The summed E-state index contributed by atoms with van der Waals surface area (Å²) in [6.07, 6.45) is 13.3. The van der Waals surface area contributed by atoms with Crippen LogP contribution in [0.5, 0.6) is 0 Å². The van der Waals surface area contributed by atoms with Crippen molar-refractivity contribution in [2.45, 2.75) is 58.4 Å². The number of imidazole rings is 1. The molecule has 3 heteroatoms. The Bertz CT molecular complexity index is 514. The summed E-state index contributed by atoms with van der Waals surface area (Å²) in [5.74, 6) is 1.04. The zero-order valence-electron chi connectivity index (χ0n) is 13.1. The van der Waals surface area contributed by atoms with E-state index in [0.717, 1.165) is 23.6 Å². The van der Waals surface area contributed by atoms with Crippen LogP contribution in [0.15, 0.2) is 36.7 Å². The predicted octanol–water partition coefficient (Wildman–Crippen LogP) is 4.88. The molecule has 0 atom stereocenters. The van der Waals surface area contributed by atoms with Crippen LogP contribution in [-0.4, -0.2) is 9.55 Å². The third-order valence-corrected chi connectivity index (χ3v) is 3.89. The molecular formula is C18H27N3. The summed E-state index contributed by atoms with van der Waals surface area (Å²) in [5.41, 5.74) is 7.67. The Morgan fingerprint density at radius 2 is 1.62 bits per heavy atom. The molecule has 114 valence electrons. The molecule has 1 aromatic heterocycles. The Balaban J connectivity index is 1.79. The number of benzene rings is 1. The summed E-state index contributed by atoms with van der Waals surface area (Å²) < 4.78 is 2.25. The molecule has 2 rings (SSSR count). The maximum absolute atomic E-state index is 5.74. The lowest BCUT2D eigenvalue weighted by Crippen LogP contribution is -2.00. The maximum Gasteiger partial charge on any atom is 0.139 e. The van der Waals surface area contributed by atoms with Crippen molar-refractivity contribution in [3.05, 3.63) is 36.7 Å². The molecular weight excluding hydrogens is 258 g/mol. The van der Waals surface area contributed by atoms with Gasteiger partial charge in [-0.1, -0.05) is 45.4 Å². The minimum atomic E-state index is 0.795. The number of nitrogen functional groups attached to an aromatic ring is 1. The number of aryl methyl sites for hydroxylation is 1. The summed E-state index contributed by atoms with van der Waals surface area (Å²) in [7, 11) is 0. The average Bonchev–Trinajstić information content (AvgIpc) is 2.95. The van der Waals surface area contributed by atoms with Gasteiger partial charge in [0.05, 0.1) is 0 Å². The van der Waals surface area contributed by atoms with Gasteiger partial charge in [-0.15, -0.1) is 0 Å². The number of nitrogens with two attached hydrogens (primary N) is 1. The van der Waals surface area contributed by atoms with Gasteiger partial charge >= 0.3 is 0 Å². The van der Waals surface area contributed by atoms with Gasteiger partial charge in [-0.25, -0.2) is 4.98 Å². The van der Waals surface area contributed by atoms with Crippen molar-refractivity contribution in [2.24, 2.45) is 0 Å². The number of hydrogen-bond donors (Lipinski definition) is 1. The molecule has 0 aliphatic carbocycles. The Labute approximate surface area is 128 Å². The van der Waals surface area contributed by atoms with E-state index in [2.05, 4.69) is 22.7 Å². The Kier molecular flexibility index (Phi) is 6.32. The molecule has 0 bridgehead atoms. The van der Waals surface area contributed by atoms with Crippen LogP contribution in [0, 0.1) is 0 Å². The molecule has 2 N–H and O–H groups in total. The fourth-order valence-corrected chi connectivity index (χ4v) is 2.62. The molecule has 0 unspecified atom stereocenters. The van der Waals surface area contributed by atoms with E-state index in [4.69, 9.17) is 5.73 Å². The van der Waals surface area contributed by atoms with Crippen molar-refractivity contribution in [2.75, 3.05) is 5.73 Å². The third kappa shape index (κ3) is 4.92. The van der Waals surface area contributed by atoms with E-state index >= 15 is 0 Å². The second-order valence-electron chi connectivity index (χ2n) is 5.69. The van der Waals surface area contributed by atoms with Gasteiger partial charge in [0.1, 0.15) is 5.82 Å². The summed E-state index contributed by atoms with van der Waals surface area (Å²) >= 11 is 0. The van der Waals surface area contributed by atoms with Crippen molar-refractivity contribution in [3.8, 4) is 11.4 Å². The molecule has 0 aliphatic heterocycles. The van der Waals surface area contributed by atoms with Crippen LogP contribution in [0.1, 0.15) is 51.9 Å². The second-order valence-corrected chi connectivity index (χ2v) is 5.69. The number of aromatic nitrogens is 2. The zero-order chi connectivity index (χ0) is 14.9. The maximum atomic E-state index is 5.74. The highest BCUT2D eigenvalue weighted by atomic mass is 15.1. The molecule has 0 saturated heterocycles. The minimum absolute atomic E-state index is 0.795. The van der Waals surface area contributed by atoms with Crippen molar-refractivity contribution in [1.82, 2.24) is 9.55 Å². The fourth-order valence-electron chi connectivity index (χ4n) is 2.62. The molecule has 21 heavy (non-hydrogen) atoms. The van der Waals surface area contributed by atoms with Crippen LogP contribution in [0.4, 0.5) is 5.69 Å². The lowest BCUT2D eigenvalue weighted by atomic mass is 10.1. The molecule has 0 spiro atoms. The second kappa shape index (κ2) is 8.50. The molecule has 1 heterocycles. The summed E-state index contributed by atoms with van der Waals surface area (Å²) in [5, 5.41) is 0. The Hall–Kier alpha value is -1.77. The lowest BCUT2D eigenvalue weighted by molar-refractivity contribution is 0.552. The highest BCUT2D eigenvalue weighted by Gasteiger charge is 2.05. The first-order valence-electron chi connectivity index (χ1n) is 8.18. The van der Waals surface area contributed by atoms with Gasteiger partial charge in [0.25, 0.3) is 0 Å². The standard InChI is InChI=1S/C18H27N3/c1-2-3-4-5-6-7-8-14-21-15-13-20-18(21)16-9-11-17(19)12-10-16/h9-13,15H,2-8,14,19H2,1H3. The number of unbranched alkanes of at least 4 members (excludes halogenated alkanes) is 6. The predicted molar refractivity (Wildman–Crippen MR) is 90.1 cm³/mol. The van der Waals surface area contributed by atoms with Gasteiger partial charge in [-0.3, -0.25) is 0 Å². The van der Waals surface area contributed by atoms with Crippen molar-refractivity contribution < 1.29 is 0 Å². The van der Waals surface area contributed by atoms with Crippen LogP contribution in [0.2, 0.25) is 0 Å². The van der Waals surface area contributed by atoms with Crippen LogP contribution in [0.25, 0.3) is 11.4 Å². The van der Waals surface area contributed by atoms with Gasteiger partial charge in [0, 0.05) is 30.2 Å². The lowest BCUT2D eigenvalue weighted by Gasteiger charge is -2.08. The van der Waals surface area contributed by atoms with Crippen LogP contribution in [0.3, 0.4) is 0 Å². The summed E-state index contributed by atoms with van der Waals surface area (Å²) in [4.78, 5) is 4.48. The molecule has 0 fully saturated rings. The fraction of sp³-hybridized carbons (Fsp3) is 0.500. The van der Waals surface area contributed by atoms with E-state index in [1.165, 1.54) is 44.9 Å². The minimum Gasteiger partial charge on any atom is -0.399 e. The molecule has 0 amide bonds. The molecule has 2 aromatic rings. The Morgan fingerprint density at radius 3 is 2.33 bits per heavy atom. The first kappa shape index (κ1) is 15.6. The molecule has 1 aromatic carbocycles. The van der Waals surface area contributed by atoms with Gasteiger partial charge < -0.3 is 10.3 Å². The van der Waals surface area contributed by atoms with Crippen LogP contribution >= 0.6 is 0 Å². The summed E-state index contributed by atoms with van der Waals surface area (Å²) in [6, 6.07) is 7.95. The molecule has 3 nitrogen and oxygen atoms in total. The van der Waals surface area contributed by atoms with Crippen LogP contribution < -0.4 is 5.73 Å². The number of rotatable bonds is 9. The first-order chi connectivity index (χ1) is 10.3. The zero-order valence-corrected chi connectivity index (χ0v) is 13.1. The van der Waals surface area contributed by atoms with E-state index in [0.29, 0.717) is 0 Å². The monoisotopic (exact) mass is 285 g/mol. The van der Waals surface area contributed by atoms with E-state index in [1.807, 2.05) is 30.5 Å². The number of hydrogen-bond acceptors (Lipinski definition) is 2. The molecule has 0 aliphatic rings. The van der Waals surface area contributed by atoms with Gasteiger partial charge in [-0.2, -0.15) is 0 Å². The topological polar surface area (TPSA) is 43.8 Å². The van der Waals surface area contributed by atoms with E-state index in [-0.39, 0.29) is 0 Å². The van der Waals surface area contributed by atoms with Gasteiger partial charge in [0.15, 0.2) is 0 Å². The quantitative estimate of drug-likeness (QED) is 0.527. The molecule has 0 radical (unpaired) electrons. The van der Waals surface area contributed by atoms with Gasteiger partial charge in [0.2, 0.25) is 0 Å². The first-order valence-corrected chi connectivity index (χ1v) is 8.18. The third-order valence-electron chi connectivity index (χ3n) is 3.89. The normalized spacial score (nSPS) is 10.9.